The van der Waals surface area contributed by atoms with Crippen molar-refractivity contribution in [3.8, 4) is 0 Å². The van der Waals surface area contributed by atoms with Gasteiger partial charge in [0.15, 0.2) is 5.78 Å². The first-order valence-electron chi connectivity index (χ1n) is 11.7. The molecule has 3 aliphatic heterocycles. The van der Waals surface area contributed by atoms with Crippen molar-refractivity contribution in [2.45, 2.75) is 45.1 Å². The Balaban J connectivity index is 0.00000119. The van der Waals surface area contributed by atoms with Crippen LogP contribution in [-0.4, -0.2) is 55.9 Å². The van der Waals surface area contributed by atoms with Crippen molar-refractivity contribution in [2.75, 3.05) is 43.0 Å². The van der Waals surface area contributed by atoms with Crippen molar-refractivity contribution in [3.05, 3.63) is 59.4 Å². The minimum atomic E-state index is -0.319. The monoisotopic (exact) mass is 437 g/mol. The number of benzene rings is 2. The van der Waals surface area contributed by atoms with E-state index in [1.165, 1.54) is 23.4 Å². The van der Waals surface area contributed by atoms with Gasteiger partial charge < -0.3 is 14.7 Å². The summed E-state index contributed by atoms with van der Waals surface area (Å²) in [6, 6.07) is 12.5. The highest BCUT2D eigenvalue weighted by molar-refractivity contribution is 6.04. The minimum absolute atomic E-state index is 0.0688. The van der Waals surface area contributed by atoms with E-state index in [0.29, 0.717) is 30.5 Å². The number of anilines is 2. The Morgan fingerprint density at radius 1 is 1.12 bits per heavy atom. The Bertz CT molecular complexity index is 991. The van der Waals surface area contributed by atoms with Gasteiger partial charge in [-0.2, -0.15) is 0 Å². The van der Waals surface area contributed by atoms with E-state index in [0.717, 1.165) is 38.2 Å². The van der Waals surface area contributed by atoms with E-state index in [4.69, 9.17) is 0 Å². The second-order valence-electron chi connectivity index (χ2n) is 8.59. The van der Waals surface area contributed by atoms with Gasteiger partial charge in [-0.15, -0.1) is 0 Å². The van der Waals surface area contributed by atoms with Crippen LogP contribution in [0.4, 0.5) is 15.8 Å². The first kappa shape index (κ1) is 22.5. The predicted molar refractivity (Wildman–Crippen MR) is 126 cm³/mol. The summed E-state index contributed by atoms with van der Waals surface area (Å²) in [6.45, 7) is 7.29. The molecule has 5 nitrogen and oxygen atoms in total. The average molecular weight is 438 g/mol. The number of rotatable bonds is 5. The Morgan fingerprint density at radius 3 is 2.62 bits per heavy atom. The topological polar surface area (TPSA) is 43.9 Å². The lowest BCUT2D eigenvalue weighted by Gasteiger charge is -2.40. The van der Waals surface area contributed by atoms with Gasteiger partial charge in [0.1, 0.15) is 5.82 Å². The highest BCUT2D eigenvalue weighted by Gasteiger charge is 2.46. The SMILES string of the molecule is CC.CN1C(=O)CN2c3c(cccc31)C1CN(CCCC(=O)c3ccc(F)cc3)CCC12. The normalized spacial score (nSPS) is 21.6. The van der Waals surface area contributed by atoms with Crippen LogP contribution in [0, 0.1) is 5.82 Å². The molecule has 2 aromatic rings. The first-order chi connectivity index (χ1) is 15.5. The van der Waals surface area contributed by atoms with Crippen molar-refractivity contribution in [2.24, 2.45) is 0 Å². The van der Waals surface area contributed by atoms with Gasteiger partial charge in [0.05, 0.1) is 17.9 Å². The second kappa shape index (κ2) is 9.41. The van der Waals surface area contributed by atoms with Crippen molar-refractivity contribution >= 4 is 23.1 Å². The highest BCUT2D eigenvalue weighted by atomic mass is 19.1. The summed E-state index contributed by atoms with van der Waals surface area (Å²) < 4.78 is 13.0. The van der Waals surface area contributed by atoms with Gasteiger partial charge in [0.25, 0.3) is 0 Å². The van der Waals surface area contributed by atoms with Gasteiger partial charge in [-0.05, 0) is 55.3 Å². The molecular formula is C26H32FN3O2. The number of amides is 1. The van der Waals surface area contributed by atoms with Crippen molar-refractivity contribution in [1.29, 1.82) is 0 Å². The largest absolute Gasteiger partial charge is 0.357 e. The Morgan fingerprint density at radius 2 is 1.88 bits per heavy atom. The Hall–Kier alpha value is -2.73. The lowest BCUT2D eigenvalue weighted by Crippen LogP contribution is -2.51. The number of halogens is 1. The van der Waals surface area contributed by atoms with Crippen LogP contribution in [0.25, 0.3) is 0 Å². The molecule has 2 unspecified atom stereocenters. The summed E-state index contributed by atoms with van der Waals surface area (Å²) >= 11 is 0. The lowest BCUT2D eigenvalue weighted by atomic mass is 9.89. The molecule has 1 fully saturated rings. The maximum Gasteiger partial charge on any atom is 0.246 e. The van der Waals surface area contributed by atoms with E-state index < -0.39 is 0 Å². The number of piperidine rings is 1. The summed E-state index contributed by atoms with van der Waals surface area (Å²) in [7, 11) is 1.86. The molecule has 6 heteroatoms. The number of para-hydroxylation sites is 1. The zero-order chi connectivity index (χ0) is 22.8. The van der Waals surface area contributed by atoms with E-state index in [1.54, 1.807) is 17.0 Å². The third kappa shape index (κ3) is 4.04. The highest BCUT2D eigenvalue weighted by Crippen LogP contribution is 2.50. The molecule has 1 amide bonds. The average Bonchev–Trinajstić information content (AvgIpc) is 3.13. The summed E-state index contributed by atoms with van der Waals surface area (Å²) in [6.07, 6.45) is 2.30. The summed E-state index contributed by atoms with van der Waals surface area (Å²) in [5.41, 5.74) is 4.19. The predicted octanol–water partition coefficient (Wildman–Crippen LogP) is 4.47. The lowest BCUT2D eigenvalue weighted by molar-refractivity contribution is -0.117. The summed E-state index contributed by atoms with van der Waals surface area (Å²) in [5.74, 6) is 0.308. The molecule has 0 saturated carbocycles. The number of carbonyl (C=O) groups excluding carboxylic acids is 2. The van der Waals surface area contributed by atoms with E-state index in [2.05, 4.69) is 21.9 Å². The number of carbonyl (C=O) groups is 2. The molecule has 0 bridgehead atoms. The molecule has 0 radical (unpaired) electrons. The van der Waals surface area contributed by atoms with E-state index >= 15 is 0 Å². The van der Waals surface area contributed by atoms with Crippen LogP contribution in [0.1, 0.15) is 54.9 Å². The van der Waals surface area contributed by atoms with Gasteiger partial charge in [0, 0.05) is 44.1 Å². The molecule has 2 atom stereocenters. The quantitative estimate of drug-likeness (QED) is 0.648. The first-order valence-corrected chi connectivity index (χ1v) is 11.7. The molecule has 1 saturated heterocycles. The number of Topliss-reactive ketones (excluding diaryl/α,β-unsaturated/α-hetero) is 1. The third-order valence-corrected chi connectivity index (χ3v) is 6.88. The van der Waals surface area contributed by atoms with Crippen LogP contribution in [0.15, 0.2) is 42.5 Å². The molecule has 32 heavy (non-hydrogen) atoms. The molecule has 0 spiro atoms. The molecule has 0 aliphatic carbocycles. The Labute approximate surface area is 189 Å². The van der Waals surface area contributed by atoms with Crippen LogP contribution < -0.4 is 9.80 Å². The fraction of sp³-hybridized carbons (Fsp3) is 0.462. The number of nitrogens with zero attached hydrogens (tertiary/aromatic N) is 3. The smallest absolute Gasteiger partial charge is 0.246 e. The number of ketones is 1. The van der Waals surface area contributed by atoms with Crippen LogP contribution >= 0.6 is 0 Å². The maximum absolute atomic E-state index is 13.0. The van der Waals surface area contributed by atoms with Gasteiger partial charge in [-0.3, -0.25) is 9.59 Å². The van der Waals surface area contributed by atoms with E-state index in [-0.39, 0.29) is 17.5 Å². The third-order valence-electron chi connectivity index (χ3n) is 6.88. The molecule has 3 heterocycles. The van der Waals surface area contributed by atoms with Crippen LogP contribution in [0.5, 0.6) is 0 Å². The van der Waals surface area contributed by atoms with E-state index in [1.807, 2.05) is 27.0 Å². The fourth-order valence-corrected chi connectivity index (χ4v) is 5.31. The van der Waals surface area contributed by atoms with E-state index in [9.17, 15) is 14.0 Å². The fourth-order valence-electron chi connectivity index (χ4n) is 5.31. The molecule has 170 valence electrons. The second-order valence-corrected chi connectivity index (χ2v) is 8.59. The van der Waals surface area contributed by atoms with Gasteiger partial charge in [-0.25, -0.2) is 4.39 Å². The number of fused-ring (bicyclic) bond motifs is 3. The maximum atomic E-state index is 13.0. The van der Waals surface area contributed by atoms with Gasteiger partial charge >= 0.3 is 0 Å². The molecular weight excluding hydrogens is 405 g/mol. The molecule has 0 aromatic heterocycles. The zero-order valence-corrected chi connectivity index (χ0v) is 19.2. The molecule has 2 aromatic carbocycles. The van der Waals surface area contributed by atoms with Crippen LogP contribution in [0.2, 0.25) is 0 Å². The Kier molecular flexibility index (Phi) is 6.60. The summed E-state index contributed by atoms with van der Waals surface area (Å²) in [5, 5.41) is 0. The molecule has 0 N–H and O–H groups in total. The zero-order valence-electron chi connectivity index (χ0n) is 19.2. The van der Waals surface area contributed by atoms with Crippen LogP contribution in [0.3, 0.4) is 0 Å². The summed E-state index contributed by atoms with van der Waals surface area (Å²) in [4.78, 5) is 31.4. The number of hydrogen-bond acceptors (Lipinski definition) is 4. The number of hydrogen-bond donors (Lipinski definition) is 0. The van der Waals surface area contributed by atoms with Crippen molar-refractivity contribution in [3.63, 3.8) is 0 Å². The number of likely N-dealkylation sites (tertiary alicyclic amines) is 1. The standard InChI is InChI=1S/C24H26FN3O2.C2H6/c1-26-21-5-2-4-18-19-14-27(13-11-20(19)28(24(18)21)15-23(26)30)12-3-6-22(29)16-7-9-17(25)10-8-16;1-2/h2,4-5,7-10,19-20H,3,6,11-15H2,1H3;1-2H3. The minimum Gasteiger partial charge on any atom is -0.357 e. The van der Waals surface area contributed by atoms with Gasteiger partial charge in [0.2, 0.25) is 5.91 Å². The molecule has 3 aliphatic rings. The van der Waals surface area contributed by atoms with Crippen LogP contribution in [-0.2, 0) is 4.79 Å². The van der Waals surface area contributed by atoms with Gasteiger partial charge in [-0.1, -0.05) is 26.0 Å². The van der Waals surface area contributed by atoms with Crippen molar-refractivity contribution < 1.29 is 14.0 Å². The number of likely N-dealkylation sites (N-methyl/N-ethyl adjacent to an activating group) is 1. The van der Waals surface area contributed by atoms with Crippen molar-refractivity contribution in [1.82, 2.24) is 4.90 Å². The molecule has 5 rings (SSSR count).